The van der Waals surface area contributed by atoms with Crippen molar-refractivity contribution in [3.05, 3.63) is 57.8 Å². The Kier molecular flexibility index (Phi) is 4.81. The van der Waals surface area contributed by atoms with Gasteiger partial charge >= 0.3 is 0 Å². The van der Waals surface area contributed by atoms with Crippen molar-refractivity contribution < 1.29 is 9.59 Å². The molecule has 0 spiro atoms. The lowest BCUT2D eigenvalue weighted by Gasteiger charge is -2.35. The molecule has 3 fully saturated rings. The molecule has 0 saturated carbocycles. The fraction of sp³-hybridized carbons (Fsp3) is 0.429. The summed E-state index contributed by atoms with van der Waals surface area (Å²) in [6, 6.07) is 11.6. The van der Waals surface area contributed by atoms with Gasteiger partial charge in [-0.05, 0) is 43.4 Å². The zero-order valence-corrected chi connectivity index (χ0v) is 15.9. The van der Waals surface area contributed by atoms with Gasteiger partial charge in [0.1, 0.15) is 0 Å². The van der Waals surface area contributed by atoms with E-state index in [0.717, 1.165) is 43.5 Å². The molecule has 5 rings (SSSR count). The number of piperidine rings is 1. The summed E-state index contributed by atoms with van der Waals surface area (Å²) in [7, 11) is 0. The molecule has 3 aliphatic rings. The lowest BCUT2D eigenvalue weighted by molar-refractivity contribution is 0.0575. The van der Waals surface area contributed by atoms with Gasteiger partial charge in [-0.25, -0.2) is 0 Å². The van der Waals surface area contributed by atoms with E-state index in [9.17, 15) is 9.59 Å². The maximum atomic E-state index is 13.0. The molecule has 1 aromatic heterocycles. The fourth-order valence-corrected chi connectivity index (χ4v) is 4.91. The van der Waals surface area contributed by atoms with Crippen LogP contribution in [0.4, 0.5) is 0 Å². The maximum absolute atomic E-state index is 13.0. The summed E-state index contributed by atoms with van der Waals surface area (Å²) in [5, 5.41) is 1.98. The minimum absolute atomic E-state index is 0.0839. The number of thiophene rings is 1. The normalized spacial score (nSPS) is 22.3. The highest BCUT2D eigenvalue weighted by Crippen LogP contribution is 2.30. The van der Waals surface area contributed by atoms with E-state index in [-0.39, 0.29) is 17.9 Å². The molecule has 0 aliphatic carbocycles. The summed E-state index contributed by atoms with van der Waals surface area (Å²) < 4.78 is 0. The highest BCUT2D eigenvalue weighted by Gasteiger charge is 2.39. The lowest BCUT2D eigenvalue weighted by atomic mass is 9.94. The van der Waals surface area contributed by atoms with Crippen LogP contribution in [0.5, 0.6) is 0 Å². The van der Waals surface area contributed by atoms with E-state index in [0.29, 0.717) is 12.5 Å². The van der Waals surface area contributed by atoms with Gasteiger partial charge in [-0.3, -0.25) is 9.59 Å². The van der Waals surface area contributed by atoms with Gasteiger partial charge in [0.2, 0.25) is 0 Å². The van der Waals surface area contributed by atoms with Gasteiger partial charge in [-0.15, -0.1) is 11.3 Å². The van der Waals surface area contributed by atoms with E-state index in [1.165, 1.54) is 4.88 Å². The van der Waals surface area contributed by atoms with Crippen LogP contribution < -0.4 is 0 Å². The van der Waals surface area contributed by atoms with E-state index in [4.69, 9.17) is 0 Å². The fourth-order valence-electron chi connectivity index (χ4n) is 4.10. The molecule has 0 radical (unpaired) electrons. The minimum Gasteiger partial charge on any atom is -0.336 e. The monoisotopic (exact) mass is 368 g/mol. The van der Waals surface area contributed by atoms with Gasteiger partial charge < -0.3 is 9.80 Å². The first-order valence-corrected chi connectivity index (χ1v) is 10.3. The van der Waals surface area contributed by atoms with Gasteiger partial charge in [-0.2, -0.15) is 0 Å². The number of nitrogens with zero attached hydrogens (tertiary/aromatic N) is 2. The smallest absolute Gasteiger partial charge is 0.255 e. The third kappa shape index (κ3) is 3.28. The largest absolute Gasteiger partial charge is 0.336 e. The van der Waals surface area contributed by atoms with Crippen molar-refractivity contribution in [2.75, 3.05) is 19.6 Å². The molecular weight excluding hydrogens is 344 g/mol. The molecule has 4 nitrogen and oxygen atoms in total. The van der Waals surface area contributed by atoms with Crippen molar-refractivity contribution in [2.24, 2.45) is 5.92 Å². The molecule has 3 aliphatic heterocycles. The van der Waals surface area contributed by atoms with E-state index < -0.39 is 0 Å². The number of carbonyl (C=O) groups is 2. The predicted octanol–water partition coefficient (Wildman–Crippen LogP) is 3.69. The van der Waals surface area contributed by atoms with Crippen LogP contribution in [0.1, 0.15) is 45.4 Å². The van der Waals surface area contributed by atoms with Gasteiger partial charge in [0.15, 0.2) is 0 Å². The molecule has 1 aromatic carbocycles. The molecule has 26 heavy (non-hydrogen) atoms. The van der Waals surface area contributed by atoms with Crippen molar-refractivity contribution in [3.8, 4) is 0 Å². The standard InChI is InChI=1S/C21H24N2O2S/c1-2-19-10-17(14-26-19)21(25)23-12-15-8-9-18(23)13-22(11-15)20(24)16-6-4-3-5-7-16/h3-7,10,14-15,18H,2,8-9,11-13H2,1H3. The predicted molar refractivity (Wildman–Crippen MR) is 104 cm³/mol. The second-order valence-corrected chi connectivity index (χ2v) is 8.28. The van der Waals surface area contributed by atoms with Crippen LogP contribution in [0.3, 0.4) is 0 Å². The van der Waals surface area contributed by atoms with Crippen molar-refractivity contribution in [2.45, 2.75) is 32.2 Å². The molecule has 2 unspecified atom stereocenters. The van der Waals surface area contributed by atoms with Crippen LogP contribution in [-0.2, 0) is 6.42 Å². The van der Waals surface area contributed by atoms with Crippen LogP contribution in [-0.4, -0.2) is 47.3 Å². The second kappa shape index (κ2) is 7.23. The molecule has 2 amide bonds. The first-order chi connectivity index (χ1) is 12.7. The summed E-state index contributed by atoms with van der Waals surface area (Å²) >= 11 is 1.66. The molecule has 2 bridgehead atoms. The molecule has 2 aromatic rings. The SMILES string of the molecule is CCc1cc(C(=O)N2CC3CCC2CN(C(=O)c2ccccc2)C3)cs1. The van der Waals surface area contributed by atoms with Crippen molar-refractivity contribution in [1.29, 1.82) is 0 Å². The third-order valence-corrected chi connectivity index (χ3v) is 6.61. The Morgan fingerprint density at radius 2 is 1.85 bits per heavy atom. The Hall–Kier alpha value is -2.14. The van der Waals surface area contributed by atoms with Crippen LogP contribution in [0.2, 0.25) is 0 Å². The second-order valence-electron chi connectivity index (χ2n) is 7.29. The quantitative estimate of drug-likeness (QED) is 0.829. The van der Waals surface area contributed by atoms with E-state index in [1.54, 1.807) is 11.3 Å². The number of carbonyl (C=O) groups excluding carboxylic acids is 2. The molecule has 136 valence electrons. The molecular formula is C21H24N2O2S. The van der Waals surface area contributed by atoms with Gasteiger partial charge in [0, 0.05) is 41.5 Å². The zero-order chi connectivity index (χ0) is 18.1. The Labute approximate surface area is 158 Å². The zero-order valence-electron chi connectivity index (χ0n) is 15.1. The summed E-state index contributed by atoms with van der Waals surface area (Å²) in [5.41, 5.74) is 1.54. The van der Waals surface area contributed by atoms with Crippen molar-refractivity contribution in [3.63, 3.8) is 0 Å². The first-order valence-electron chi connectivity index (χ1n) is 9.38. The minimum atomic E-state index is 0.0839. The average Bonchev–Trinajstić information content (AvgIpc) is 2.98. The van der Waals surface area contributed by atoms with Crippen LogP contribution >= 0.6 is 11.3 Å². The highest BCUT2D eigenvalue weighted by atomic mass is 32.1. The van der Waals surface area contributed by atoms with Gasteiger partial charge in [0.05, 0.1) is 5.56 Å². The topological polar surface area (TPSA) is 40.6 Å². The number of fused-ring (bicyclic) bond motifs is 4. The highest BCUT2D eigenvalue weighted by molar-refractivity contribution is 7.10. The van der Waals surface area contributed by atoms with E-state index >= 15 is 0 Å². The maximum Gasteiger partial charge on any atom is 0.255 e. The summed E-state index contributed by atoms with van der Waals surface area (Å²) in [6.45, 7) is 4.26. The summed E-state index contributed by atoms with van der Waals surface area (Å²) in [4.78, 5) is 31.2. The Morgan fingerprint density at radius 1 is 1.04 bits per heavy atom. The molecule has 2 atom stereocenters. The third-order valence-electron chi connectivity index (χ3n) is 5.53. The number of rotatable bonds is 3. The number of aryl methyl sites for hydroxylation is 1. The summed E-state index contributed by atoms with van der Waals surface area (Å²) in [6.07, 6.45) is 3.04. The molecule has 0 N–H and O–H groups in total. The lowest BCUT2D eigenvalue weighted by Crippen LogP contribution is -2.47. The Balaban J connectivity index is 1.53. The van der Waals surface area contributed by atoms with Gasteiger partial charge in [-0.1, -0.05) is 25.1 Å². The number of hydrogen-bond acceptors (Lipinski definition) is 3. The number of benzene rings is 1. The van der Waals surface area contributed by atoms with Crippen LogP contribution in [0, 0.1) is 5.92 Å². The van der Waals surface area contributed by atoms with Crippen LogP contribution in [0.25, 0.3) is 0 Å². The molecule has 5 heteroatoms. The van der Waals surface area contributed by atoms with Gasteiger partial charge in [0.25, 0.3) is 11.8 Å². The van der Waals surface area contributed by atoms with Crippen molar-refractivity contribution >= 4 is 23.2 Å². The number of amides is 2. The Morgan fingerprint density at radius 3 is 2.58 bits per heavy atom. The molecule has 4 heterocycles. The first kappa shape index (κ1) is 17.3. The Bertz CT molecular complexity index is 801. The summed E-state index contributed by atoms with van der Waals surface area (Å²) in [5.74, 6) is 0.583. The van der Waals surface area contributed by atoms with Crippen LogP contribution in [0.15, 0.2) is 41.8 Å². The van der Waals surface area contributed by atoms with E-state index in [1.807, 2.05) is 51.6 Å². The van der Waals surface area contributed by atoms with E-state index in [2.05, 4.69) is 6.92 Å². The average molecular weight is 369 g/mol. The number of hydrogen-bond donors (Lipinski definition) is 0. The van der Waals surface area contributed by atoms with Crippen molar-refractivity contribution in [1.82, 2.24) is 9.80 Å². The molecule has 3 saturated heterocycles.